The third-order valence-electron chi connectivity index (χ3n) is 5.50. The standard InChI is InChI=1S/C28H32N2O6/c1-18(2)15-23(19-8-11-21(33-3)12-9-19)29-28(32)24(17-22-7-6-14-36-22)30-27(31)20-10-13-25(34-4)26(16-20)35-5/h6-14,16-18,23H,15H2,1-5H3,(H,29,32)(H,30,31)/b24-17-/t23-/m0/s1. The van der Waals surface area contributed by atoms with Crippen LogP contribution in [0.1, 0.15) is 48.0 Å². The van der Waals surface area contributed by atoms with Crippen LogP contribution in [0.5, 0.6) is 17.2 Å². The van der Waals surface area contributed by atoms with Crippen molar-refractivity contribution < 1.29 is 28.2 Å². The number of hydrogen-bond acceptors (Lipinski definition) is 6. The molecule has 3 aromatic rings. The number of nitrogens with one attached hydrogen (secondary N) is 2. The molecule has 0 fully saturated rings. The van der Waals surface area contributed by atoms with Crippen molar-refractivity contribution in [3.05, 3.63) is 83.4 Å². The van der Waals surface area contributed by atoms with Crippen LogP contribution in [-0.4, -0.2) is 33.1 Å². The van der Waals surface area contributed by atoms with Crippen LogP contribution >= 0.6 is 0 Å². The minimum Gasteiger partial charge on any atom is -0.497 e. The van der Waals surface area contributed by atoms with E-state index in [4.69, 9.17) is 18.6 Å². The second kappa shape index (κ2) is 12.5. The van der Waals surface area contributed by atoms with E-state index in [1.165, 1.54) is 26.6 Å². The fourth-order valence-corrected chi connectivity index (χ4v) is 3.67. The van der Waals surface area contributed by atoms with E-state index in [9.17, 15) is 9.59 Å². The average molecular weight is 493 g/mol. The van der Waals surface area contributed by atoms with E-state index in [0.717, 1.165) is 11.3 Å². The molecule has 0 unspecified atom stereocenters. The van der Waals surface area contributed by atoms with E-state index in [1.54, 1.807) is 37.4 Å². The molecule has 8 heteroatoms. The first-order valence-corrected chi connectivity index (χ1v) is 11.6. The highest BCUT2D eigenvalue weighted by Crippen LogP contribution is 2.28. The van der Waals surface area contributed by atoms with Gasteiger partial charge in [-0.05, 0) is 60.4 Å². The van der Waals surface area contributed by atoms with Crippen molar-refractivity contribution in [3.63, 3.8) is 0 Å². The van der Waals surface area contributed by atoms with Crippen molar-refractivity contribution in [2.24, 2.45) is 5.92 Å². The highest BCUT2D eigenvalue weighted by molar-refractivity contribution is 6.05. The predicted molar refractivity (Wildman–Crippen MR) is 137 cm³/mol. The van der Waals surface area contributed by atoms with Crippen LogP contribution in [0.3, 0.4) is 0 Å². The first kappa shape index (κ1) is 26.4. The molecule has 2 N–H and O–H groups in total. The first-order valence-electron chi connectivity index (χ1n) is 11.6. The average Bonchev–Trinajstić information content (AvgIpc) is 3.40. The van der Waals surface area contributed by atoms with Crippen LogP contribution in [0.15, 0.2) is 71.0 Å². The number of furan rings is 1. The maximum atomic E-state index is 13.4. The normalized spacial score (nSPS) is 12.1. The molecule has 1 heterocycles. The third-order valence-corrected chi connectivity index (χ3v) is 5.50. The van der Waals surface area contributed by atoms with Gasteiger partial charge in [0.05, 0.1) is 33.6 Å². The Hall–Kier alpha value is -4.20. The molecule has 0 radical (unpaired) electrons. The number of carbonyl (C=O) groups excluding carboxylic acids is 2. The molecule has 0 aliphatic carbocycles. The van der Waals surface area contributed by atoms with Crippen LogP contribution in [-0.2, 0) is 4.79 Å². The zero-order chi connectivity index (χ0) is 26.1. The molecule has 1 atom stereocenters. The summed E-state index contributed by atoms with van der Waals surface area (Å²) in [6.07, 6.45) is 3.70. The molecule has 8 nitrogen and oxygen atoms in total. The van der Waals surface area contributed by atoms with Crippen LogP contribution in [0.4, 0.5) is 0 Å². The van der Waals surface area contributed by atoms with E-state index in [1.807, 2.05) is 24.3 Å². The fraction of sp³-hybridized carbons (Fsp3) is 0.286. The number of rotatable bonds is 11. The number of methoxy groups -OCH3 is 3. The van der Waals surface area contributed by atoms with E-state index < -0.39 is 11.8 Å². The second-order valence-electron chi connectivity index (χ2n) is 8.53. The van der Waals surface area contributed by atoms with Gasteiger partial charge in [-0.25, -0.2) is 0 Å². The zero-order valence-electron chi connectivity index (χ0n) is 21.2. The highest BCUT2D eigenvalue weighted by Gasteiger charge is 2.22. The Morgan fingerprint density at radius 2 is 1.67 bits per heavy atom. The molecule has 0 aliphatic rings. The SMILES string of the molecule is COc1ccc([C@H](CC(C)C)NC(=O)/C(=C/c2ccco2)NC(=O)c2ccc(OC)c(OC)c2)cc1. The van der Waals surface area contributed by atoms with Gasteiger partial charge >= 0.3 is 0 Å². The van der Waals surface area contributed by atoms with Crippen molar-refractivity contribution in [2.45, 2.75) is 26.3 Å². The molecule has 0 aliphatic heterocycles. The fourth-order valence-electron chi connectivity index (χ4n) is 3.67. The lowest BCUT2D eigenvalue weighted by Crippen LogP contribution is -2.37. The van der Waals surface area contributed by atoms with Crippen LogP contribution in [0, 0.1) is 5.92 Å². The number of hydrogen-bond donors (Lipinski definition) is 2. The van der Waals surface area contributed by atoms with Gasteiger partial charge in [0.25, 0.3) is 11.8 Å². The summed E-state index contributed by atoms with van der Waals surface area (Å²) in [7, 11) is 4.61. The Bertz CT molecular complexity index is 1180. The lowest BCUT2D eigenvalue weighted by molar-refractivity contribution is -0.118. The van der Waals surface area contributed by atoms with Crippen molar-refractivity contribution in [1.82, 2.24) is 10.6 Å². The van der Waals surface area contributed by atoms with Crippen LogP contribution in [0.25, 0.3) is 6.08 Å². The maximum absolute atomic E-state index is 13.4. The summed E-state index contributed by atoms with van der Waals surface area (Å²) in [5.74, 6) is 1.45. The Balaban J connectivity index is 1.88. The topological polar surface area (TPSA) is 99.0 Å². The first-order chi connectivity index (χ1) is 17.3. The molecule has 0 saturated carbocycles. The maximum Gasteiger partial charge on any atom is 0.268 e. The number of amides is 2. The van der Waals surface area contributed by atoms with E-state index in [-0.39, 0.29) is 11.7 Å². The third kappa shape index (κ3) is 6.91. The lowest BCUT2D eigenvalue weighted by Gasteiger charge is -2.22. The number of ether oxygens (including phenoxy) is 3. The van der Waals surface area contributed by atoms with Crippen LogP contribution in [0.2, 0.25) is 0 Å². The smallest absolute Gasteiger partial charge is 0.268 e. The van der Waals surface area contributed by atoms with Crippen LogP contribution < -0.4 is 24.8 Å². The lowest BCUT2D eigenvalue weighted by atomic mass is 9.96. The monoisotopic (exact) mass is 492 g/mol. The summed E-state index contributed by atoms with van der Waals surface area (Å²) in [5.41, 5.74) is 1.29. The molecule has 190 valence electrons. The molecular formula is C28H32N2O6. The minimum atomic E-state index is -0.478. The zero-order valence-corrected chi connectivity index (χ0v) is 21.2. The Morgan fingerprint density at radius 3 is 2.25 bits per heavy atom. The molecular weight excluding hydrogens is 460 g/mol. The van der Waals surface area contributed by atoms with Gasteiger partial charge in [0.1, 0.15) is 17.2 Å². The number of benzene rings is 2. The quantitative estimate of drug-likeness (QED) is 0.366. The molecule has 2 amide bonds. The molecule has 36 heavy (non-hydrogen) atoms. The Labute approximate surface area is 211 Å². The van der Waals surface area contributed by atoms with Gasteiger partial charge < -0.3 is 29.3 Å². The van der Waals surface area contributed by atoms with Gasteiger partial charge in [-0.1, -0.05) is 26.0 Å². The largest absolute Gasteiger partial charge is 0.497 e. The van der Waals surface area contributed by atoms with Gasteiger partial charge in [-0.3, -0.25) is 9.59 Å². The summed E-state index contributed by atoms with van der Waals surface area (Å²) in [6.45, 7) is 4.17. The molecule has 0 spiro atoms. The van der Waals surface area contributed by atoms with Crippen molar-refractivity contribution in [3.8, 4) is 17.2 Å². The molecule has 0 saturated heterocycles. The van der Waals surface area contributed by atoms with Crippen molar-refractivity contribution in [2.75, 3.05) is 21.3 Å². The Kier molecular flexibility index (Phi) is 9.16. The molecule has 1 aromatic heterocycles. The summed E-state index contributed by atoms with van der Waals surface area (Å²) >= 11 is 0. The van der Waals surface area contributed by atoms with Crippen molar-refractivity contribution in [1.29, 1.82) is 0 Å². The highest BCUT2D eigenvalue weighted by atomic mass is 16.5. The second-order valence-corrected chi connectivity index (χ2v) is 8.53. The van der Waals surface area contributed by atoms with Gasteiger partial charge in [-0.15, -0.1) is 0 Å². The molecule has 2 aromatic carbocycles. The molecule has 3 rings (SSSR count). The van der Waals surface area contributed by atoms with Gasteiger partial charge in [-0.2, -0.15) is 0 Å². The summed E-state index contributed by atoms with van der Waals surface area (Å²) in [4.78, 5) is 26.5. The summed E-state index contributed by atoms with van der Waals surface area (Å²) in [6, 6.07) is 15.5. The van der Waals surface area contributed by atoms with E-state index >= 15 is 0 Å². The van der Waals surface area contributed by atoms with E-state index in [0.29, 0.717) is 35.2 Å². The predicted octanol–water partition coefficient (Wildman–Crippen LogP) is 4.98. The number of carbonyl (C=O) groups is 2. The van der Waals surface area contributed by atoms with Gasteiger partial charge in [0, 0.05) is 11.6 Å². The van der Waals surface area contributed by atoms with E-state index in [2.05, 4.69) is 24.5 Å². The van der Waals surface area contributed by atoms with Crippen molar-refractivity contribution >= 4 is 17.9 Å². The molecule has 0 bridgehead atoms. The summed E-state index contributed by atoms with van der Waals surface area (Å²) < 4.78 is 21.2. The summed E-state index contributed by atoms with van der Waals surface area (Å²) in [5, 5.41) is 5.79. The van der Waals surface area contributed by atoms with Gasteiger partial charge in [0.2, 0.25) is 0 Å². The minimum absolute atomic E-state index is 0.0482. The Morgan fingerprint density at radius 1 is 0.944 bits per heavy atom. The van der Waals surface area contributed by atoms with Gasteiger partial charge in [0.15, 0.2) is 11.5 Å².